The summed E-state index contributed by atoms with van der Waals surface area (Å²) in [6.45, 7) is 0.150. The van der Waals surface area contributed by atoms with Crippen molar-refractivity contribution in [2.24, 2.45) is 0 Å². The van der Waals surface area contributed by atoms with Crippen LogP contribution in [0.25, 0.3) is 6.08 Å². The number of methoxy groups -OCH3 is 1. The van der Waals surface area contributed by atoms with Gasteiger partial charge in [0, 0.05) is 0 Å². The lowest BCUT2D eigenvalue weighted by atomic mass is 10.1. The van der Waals surface area contributed by atoms with E-state index in [4.69, 9.17) is 15.9 Å². The van der Waals surface area contributed by atoms with Crippen LogP contribution in [0.2, 0.25) is 0 Å². The van der Waals surface area contributed by atoms with Gasteiger partial charge in [0.05, 0.1) is 12.7 Å². The van der Waals surface area contributed by atoms with Gasteiger partial charge in [0.2, 0.25) is 0 Å². The molecule has 0 amide bonds. The monoisotopic (exact) mass is 308 g/mol. The summed E-state index contributed by atoms with van der Waals surface area (Å²) in [6, 6.07) is 11.6. The number of ketones is 1. The molecule has 1 N–H and O–H groups in total. The minimum absolute atomic E-state index is 0.0437. The molecule has 0 aromatic heterocycles. The highest BCUT2D eigenvalue weighted by molar-refractivity contribution is 6.08. The van der Waals surface area contributed by atoms with E-state index in [9.17, 15) is 9.90 Å². The summed E-state index contributed by atoms with van der Waals surface area (Å²) in [6.07, 6.45) is 8.20. The van der Waals surface area contributed by atoms with Crippen molar-refractivity contribution >= 4 is 11.9 Å². The van der Waals surface area contributed by atoms with Crippen LogP contribution in [0, 0.1) is 12.3 Å². The van der Waals surface area contributed by atoms with Gasteiger partial charge >= 0.3 is 0 Å². The maximum absolute atomic E-state index is 12.1. The molecule has 116 valence electrons. The van der Waals surface area contributed by atoms with Gasteiger partial charge < -0.3 is 14.6 Å². The Morgan fingerprint density at radius 3 is 2.74 bits per heavy atom. The van der Waals surface area contributed by atoms with Gasteiger partial charge in [-0.2, -0.15) is 0 Å². The molecule has 0 heterocycles. The Morgan fingerprint density at radius 2 is 2.04 bits per heavy atom. The Labute approximate surface area is 135 Å². The first-order valence-electron chi connectivity index (χ1n) is 6.90. The van der Waals surface area contributed by atoms with Crippen LogP contribution in [0.3, 0.4) is 0 Å². The van der Waals surface area contributed by atoms with Gasteiger partial charge in [0.15, 0.2) is 17.3 Å². The first-order chi connectivity index (χ1) is 11.2. The van der Waals surface area contributed by atoms with Crippen LogP contribution >= 0.6 is 0 Å². The number of carbonyl (C=O) groups excluding carboxylic acids is 1. The zero-order valence-corrected chi connectivity index (χ0v) is 12.7. The normalized spacial score (nSPS) is 10.3. The van der Waals surface area contributed by atoms with Crippen molar-refractivity contribution in [3.63, 3.8) is 0 Å². The van der Waals surface area contributed by atoms with E-state index in [2.05, 4.69) is 5.92 Å². The molecule has 23 heavy (non-hydrogen) atoms. The zero-order chi connectivity index (χ0) is 16.7. The molecule has 0 bridgehead atoms. The van der Waals surface area contributed by atoms with E-state index in [1.165, 1.54) is 19.3 Å². The molecule has 0 atom stereocenters. The molecule has 0 saturated heterocycles. The first kappa shape index (κ1) is 16.2. The van der Waals surface area contributed by atoms with E-state index < -0.39 is 0 Å². The number of aromatic hydroxyl groups is 1. The van der Waals surface area contributed by atoms with Gasteiger partial charge in [-0.25, -0.2) is 0 Å². The van der Waals surface area contributed by atoms with Gasteiger partial charge in [0.25, 0.3) is 0 Å². The molecule has 0 fully saturated rings. The second kappa shape index (κ2) is 7.71. The number of terminal acetylenes is 1. The van der Waals surface area contributed by atoms with Crippen LogP contribution in [-0.2, 0) is 0 Å². The number of hydrogen-bond donors (Lipinski definition) is 1. The van der Waals surface area contributed by atoms with Gasteiger partial charge in [0.1, 0.15) is 12.4 Å². The highest BCUT2D eigenvalue weighted by Gasteiger charge is 2.07. The second-order valence-corrected chi connectivity index (χ2v) is 4.62. The van der Waals surface area contributed by atoms with Gasteiger partial charge in [-0.15, -0.1) is 6.42 Å². The number of para-hydroxylation sites is 1. The van der Waals surface area contributed by atoms with Crippen LogP contribution in [0.4, 0.5) is 0 Å². The fourth-order valence-corrected chi connectivity index (χ4v) is 1.97. The van der Waals surface area contributed by atoms with Gasteiger partial charge in [-0.1, -0.05) is 30.2 Å². The average molecular weight is 308 g/mol. The number of phenols is 1. The number of benzene rings is 2. The Balaban J connectivity index is 2.18. The van der Waals surface area contributed by atoms with Crippen molar-refractivity contribution in [2.75, 3.05) is 13.7 Å². The predicted molar refractivity (Wildman–Crippen MR) is 88.8 cm³/mol. The summed E-state index contributed by atoms with van der Waals surface area (Å²) in [4.78, 5) is 12.1. The van der Waals surface area contributed by atoms with Crippen molar-refractivity contribution in [1.82, 2.24) is 0 Å². The first-order valence-corrected chi connectivity index (χ1v) is 6.90. The fraction of sp³-hybridized carbons (Fsp3) is 0.105. The minimum atomic E-state index is -0.283. The van der Waals surface area contributed by atoms with Crippen LogP contribution in [0.1, 0.15) is 15.9 Å². The highest BCUT2D eigenvalue weighted by Crippen LogP contribution is 2.28. The molecule has 0 unspecified atom stereocenters. The molecular weight excluding hydrogens is 292 g/mol. The van der Waals surface area contributed by atoms with Crippen molar-refractivity contribution in [3.8, 4) is 29.6 Å². The largest absolute Gasteiger partial charge is 0.507 e. The Bertz CT molecular complexity index is 769. The second-order valence-electron chi connectivity index (χ2n) is 4.62. The van der Waals surface area contributed by atoms with Crippen molar-refractivity contribution in [3.05, 3.63) is 59.7 Å². The van der Waals surface area contributed by atoms with E-state index >= 15 is 0 Å². The van der Waals surface area contributed by atoms with E-state index in [1.807, 2.05) is 0 Å². The number of carbonyl (C=O) groups is 1. The zero-order valence-electron chi connectivity index (χ0n) is 12.7. The minimum Gasteiger partial charge on any atom is -0.507 e. The Morgan fingerprint density at radius 1 is 1.26 bits per heavy atom. The quantitative estimate of drug-likeness (QED) is 0.505. The summed E-state index contributed by atoms with van der Waals surface area (Å²) >= 11 is 0. The third-order valence-corrected chi connectivity index (χ3v) is 3.10. The van der Waals surface area contributed by atoms with E-state index in [0.717, 1.165) is 5.56 Å². The standard InChI is InChI=1S/C19H16O4/c1-3-12-23-18-11-9-14(13-19(18)22-2)8-10-17(21)15-6-4-5-7-16(15)20/h1,4-11,13,20H,12H2,2H3/b10-8+. The molecule has 2 rings (SSSR count). The molecule has 2 aromatic rings. The Hall–Kier alpha value is -3.19. The molecule has 2 aromatic carbocycles. The van der Waals surface area contributed by atoms with Gasteiger partial charge in [-0.3, -0.25) is 4.79 Å². The molecule has 0 aliphatic rings. The van der Waals surface area contributed by atoms with E-state index in [0.29, 0.717) is 11.5 Å². The van der Waals surface area contributed by atoms with Crippen LogP contribution in [0.5, 0.6) is 17.2 Å². The molecule has 4 heteroatoms. The van der Waals surface area contributed by atoms with Crippen molar-refractivity contribution in [2.45, 2.75) is 0 Å². The number of allylic oxidation sites excluding steroid dienone is 1. The van der Waals surface area contributed by atoms with E-state index in [1.54, 1.807) is 42.5 Å². The summed E-state index contributed by atoms with van der Waals surface area (Å²) < 4.78 is 10.6. The lowest BCUT2D eigenvalue weighted by Gasteiger charge is -2.09. The van der Waals surface area contributed by atoms with Crippen LogP contribution in [-0.4, -0.2) is 24.6 Å². The maximum Gasteiger partial charge on any atom is 0.189 e. The van der Waals surface area contributed by atoms with Crippen molar-refractivity contribution < 1.29 is 19.4 Å². The fourth-order valence-electron chi connectivity index (χ4n) is 1.97. The molecule has 0 spiro atoms. The van der Waals surface area contributed by atoms with Crippen LogP contribution in [0.15, 0.2) is 48.5 Å². The smallest absolute Gasteiger partial charge is 0.189 e. The SMILES string of the molecule is C#CCOc1ccc(/C=C/C(=O)c2ccccc2O)cc1OC. The predicted octanol–water partition coefficient (Wildman–Crippen LogP) is 3.31. The summed E-state index contributed by atoms with van der Waals surface area (Å²) in [5, 5.41) is 9.67. The summed E-state index contributed by atoms with van der Waals surface area (Å²) in [7, 11) is 1.53. The Kier molecular flexibility index (Phi) is 5.43. The number of hydrogen-bond acceptors (Lipinski definition) is 4. The molecule has 4 nitrogen and oxygen atoms in total. The summed E-state index contributed by atoms with van der Waals surface area (Å²) in [5.74, 6) is 3.12. The molecule has 0 saturated carbocycles. The number of ether oxygens (including phenoxy) is 2. The lowest BCUT2D eigenvalue weighted by Crippen LogP contribution is -1.97. The molecule has 0 aliphatic carbocycles. The lowest BCUT2D eigenvalue weighted by molar-refractivity contribution is 0.104. The maximum atomic E-state index is 12.1. The third kappa shape index (κ3) is 4.14. The average Bonchev–Trinajstić information content (AvgIpc) is 2.58. The van der Waals surface area contributed by atoms with Crippen molar-refractivity contribution in [1.29, 1.82) is 0 Å². The molecule has 0 radical (unpaired) electrons. The highest BCUT2D eigenvalue weighted by atomic mass is 16.5. The number of phenolic OH excluding ortho intramolecular Hbond substituents is 1. The molecule has 0 aliphatic heterocycles. The number of rotatable bonds is 6. The molecular formula is C19H16O4. The van der Waals surface area contributed by atoms with Gasteiger partial charge in [-0.05, 0) is 35.9 Å². The summed E-state index contributed by atoms with van der Waals surface area (Å²) in [5.41, 5.74) is 1.02. The van der Waals surface area contributed by atoms with Crippen LogP contribution < -0.4 is 9.47 Å². The van der Waals surface area contributed by atoms with E-state index in [-0.39, 0.29) is 23.7 Å². The topological polar surface area (TPSA) is 55.8 Å². The third-order valence-electron chi connectivity index (χ3n) is 3.10.